The van der Waals surface area contributed by atoms with Crippen molar-refractivity contribution in [1.29, 1.82) is 0 Å². The van der Waals surface area contributed by atoms with Crippen LogP contribution in [-0.2, 0) is 9.53 Å². The average Bonchev–Trinajstić information content (AvgIpc) is 3.01. The first-order chi connectivity index (χ1) is 11.6. The maximum atomic E-state index is 12.1. The number of hydrogen-bond donors (Lipinski definition) is 0. The highest BCUT2D eigenvalue weighted by Crippen LogP contribution is 2.41. The normalized spacial score (nSPS) is 16.9. The summed E-state index contributed by atoms with van der Waals surface area (Å²) in [5.41, 5.74) is 1.98. The first-order valence-corrected chi connectivity index (χ1v) is 8.40. The molecular weight excluding hydrogens is 347 g/mol. The van der Waals surface area contributed by atoms with Crippen LogP contribution in [0.3, 0.4) is 0 Å². The smallest absolute Gasteiger partial charge is 0.354 e. The van der Waals surface area contributed by atoms with Gasteiger partial charge in [-0.2, -0.15) is 5.10 Å². The number of rotatable bonds is 4. The second-order valence-electron chi connectivity index (χ2n) is 5.30. The van der Waals surface area contributed by atoms with Crippen LogP contribution in [0.5, 0.6) is 0 Å². The molecule has 4 nitrogen and oxygen atoms in total. The van der Waals surface area contributed by atoms with Gasteiger partial charge >= 0.3 is 5.97 Å². The van der Waals surface area contributed by atoms with Crippen molar-refractivity contribution < 1.29 is 9.53 Å². The van der Waals surface area contributed by atoms with Crippen LogP contribution in [0.1, 0.15) is 24.9 Å². The number of carbonyl (C=O) groups is 1. The summed E-state index contributed by atoms with van der Waals surface area (Å²) in [7, 11) is 0. The van der Waals surface area contributed by atoms with Crippen LogP contribution in [0.4, 0.5) is 5.69 Å². The van der Waals surface area contributed by atoms with E-state index in [1.165, 1.54) is 0 Å². The van der Waals surface area contributed by atoms with Crippen LogP contribution in [-0.4, -0.2) is 18.3 Å². The second-order valence-corrected chi connectivity index (χ2v) is 6.12. The van der Waals surface area contributed by atoms with E-state index >= 15 is 0 Å². The van der Waals surface area contributed by atoms with E-state index in [0.717, 1.165) is 11.3 Å². The molecule has 0 radical (unpaired) electrons. The fourth-order valence-corrected chi connectivity index (χ4v) is 3.37. The van der Waals surface area contributed by atoms with Crippen LogP contribution in [0.2, 0.25) is 10.0 Å². The van der Waals surface area contributed by atoms with Gasteiger partial charge in [0.05, 0.1) is 18.3 Å². The van der Waals surface area contributed by atoms with E-state index in [0.29, 0.717) is 28.8 Å². The van der Waals surface area contributed by atoms with Gasteiger partial charge in [0, 0.05) is 22.0 Å². The molecule has 0 spiro atoms. The summed E-state index contributed by atoms with van der Waals surface area (Å²) in [6.07, 6.45) is 0.386. The molecule has 0 amide bonds. The number of para-hydroxylation sites is 1. The molecule has 0 aromatic heterocycles. The van der Waals surface area contributed by atoms with Crippen LogP contribution in [0.25, 0.3) is 0 Å². The van der Waals surface area contributed by atoms with Crippen molar-refractivity contribution in [3.05, 3.63) is 64.1 Å². The highest BCUT2D eigenvalue weighted by Gasteiger charge is 2.35. The Labute approximate surface area is 150 Å². The van der Waals surface area contributed by atoms with Crippen molar-refractivity contribution in [2.75, 3.05) is 11.6 Å². The van der Waals surface area contributed by atoms with Gasteiger partial charge in [0.1, 0.15) is 5.71 Å². The third-order valence-corrected chi connectivity index (χ3v) is 4.43. The van der Waals surface area contributed by atoms with Gasteiger partial charge in [-0.15, -0.1) is 0 Å². The molecule has 124 valence electrons. The monoisotopic (exact) mass is 362 g/mol. The number of carbonyl (C=O) groups excluding carboxylic acids is 1. The van der Waals surface area contributed by atoms with E-state index in [1.807, 2.05) is 30.3 Å². The van der Waals surface area contributed by atoms with Crippen molar-refractivity contribution in [3.63, 3.8) is 0 Å². The number of halogens is 2. The van der Waals surface area contributed by atoms with E-state index in [2.05, 4.69) is 5.10 Å². The topological polar surface area (TPSA) is 41.9 Å². The second kappa shape index (κ2) is 7.24. The zero-order chi connectivity index (χ0) is 17.1. The molecule has 3 rings (SSSR count). The van der Waals surface area contributed by atoms with Gasteiger partial charge in [0.2, 0.25) is 0 Å². The largest absolute Gasteiger partial charge is 0.461 e. The number of anilines is 1. The Bertz CT molecular complexity index is 758. The number of nitrogens with zero attached hydrogens (tertiary/aromatic N) is 2. The molecule has 6 heteroatoms. The lowest BCUT2D eigenvalue weighted by Gasteiger charge is -2.25. The van der Waals surface area contributed by atoms with Gasteiger partial charge in [-0.1, -0.05) is 47.5 Å². The van der Waals surface area contributed by atoms with E-state index in [-0.39, 0.29) is 6.04 Å². The molecule has 0 fully saturated rings. The third kappa shape index (κ3) is 3.25. The molecule has 1 heterocycles. The maximum Gasteiger partial charge on any atom is 0.354 e. The number of benzene rings is 2. The van der Waals surface area contributed by atoms with Crippen LogP contribution in [0.15, 0.2) is 53.6 Å². The van der Waals surface area contributed by atoms with E-state index in [9.17, 15) is 4.79 Å². The summed E-state index contributed by atoms with van der Waals surface area (Å²) < 4.78 is 5.09. The number of ether oxygens (including phenoxy) is 1. The molecule has 0 aliphatic carbocycles. The fraction of sp³-hybridized carbons (Fsp3) is 0.222. The van der Waals surface area contributed by atoms with E-state index in [4.69, 9.17) is 27.9 Å². The first-order valence-electron chi connectivity index (χ1n) is 7.64. The Morgan fingerprint density at radius 1 is 1.17 bits per heavy atom. The Morgan fingerprint density at radius 3 is 2.46 bits per heavy atom. The minimum Gasteiger partial charge on any atom is -0.461 e. The minimum absolute atomic E-state index is 0.256. The summed E-state index contributed by atoms with van der Waals surface area (Å²) in [5, 5.41) is 7.35. The molecule has 1 unspecified atom stereocenters. The van der Waals surface area contributed by atoms with E-state index in [1.54, 1.807) is 30.1 Å². The summed E-state index contributed by atoms with van der Waals surface area (Å²) in [6, 6.07) is 14.7. The maximum absolute atomic E-state index is 12.1. The van der Waals surface area contributed by atoms with Gasteiger partial charge in [-0.25, -0.2) is 4.79 Å². The third-order valence-electron chi connectivity index (χ3n) is 3.78. The number of hydrazone groups is 1. The average molecular weight is 363 g/mol. The molecule has 1 aliphatic heterocycles. The van der Waals surface area contributed by atoms with Crippen molar-refractivity contribution in [1.82, 2.24) is 0 Å². The van der Waals surface area contributed by atoms with Gasteiger partial charge in [0.25, 0.3) is 0 Å². The number of hydrogen-bond acceptors (Lipinski definition) is 4. The molecule has 1 aliphatic rings. The SMILES string of the molecule is CCOC(=O)C1=NN(c2ccccc2)C(c2c(Cl)cccc2Cl)C1. The minimum atomic E-state index is -0.413. The van der Waals surface area contributed by atoms with Crippen molar-refractivity contribution in [2.24, 2.45) is 5.10 Å². The van der Waals surface area contributed by atoms with Crippen molar-refractivity contribution in [3.8, 4) is 0 Å². The van der Waals surface area contributed by atoms with Crippen molar-refractivity contribution in [2.45, 2.75) is 19.4 Å². The van der Waals surface area contributed by atoms with Crippen LogP contribution < -0.4 is 5.01 Å². The Hall–Kier alpha value is -2.04. The zero-order valence-corrected chi connectivity index (χ0v) is 14.6. The lowest BCUT2D eigenvalue weighted by molar-refractivity contribution is -0.135. The predicted octanol–water partition coefficient (Wildman–Crippen LogP) is 4.86. The van der Waals surface area contributed by atoms with Crippen LogP contribution in [0, 0.1) is 0 Å². The summed E-state index contributed by atoms with van der Waals surface area (Å²) in [6.45, 7) is 2.07. The van der Waals surface area contributed by atoms with Gasteiger partial charge in [0.15, 0.2) is 0 Å². The van der Waals surface area contributed by atoms with Crippen LogP contribution >= 0.6 is 23.2 Å². The quantitative estimate of drug-likeness (QED) is 0.729. The summed E-state index contributed by atoms with van der Waals surface area (Å²) >= 11 is 12.7. The standard InChI is InChI=1S/C18H16Cl2N2O2/c1-2-24-18(23)15-11-16(17-13(19)9-6-10-14(17)20)22(21-15)12-7-4-3-5-8-12/h3-10,16H,2,11H2,1H3. The lowest BCUT2D eigenvalue weighted by Crippen LogP contribution is -2.19. The zero-order valence-electron chi connectivity index (χ0n) is 13.1. The van der Waals surface area contributed by atoms with Gasteiger partial charge in [-0.3, -0.25) is 5.01 Å². The predicted molar refractivity (Wildman–Crippen MR) is 96.8 cm³/mol. The summed E-state index contributed by atoms with van der Waals surface area (Å²) in [4.78, 5) is 12.1. The van der Waals surface area contributed by atoms with Gasteiger partial charge < -0.3 is 4.74 Å². The molecule has 24 heavy (non-hydrogen) atoms. The fourth-order valence-electron chi connectivity index (χ4n) is 2.72. The summed E-state index contributed by atoms with van der Waals surface area (Å²) in [5.74, 6) is -0.413. The molecule has 0 saturated carbocycles. The molecular formula is C18H16Cl2N2O2. The number of esters is 1. The van der Waals surface area contributed by atoms with Crippen molar-refractivity contribution >= 4 is 40.6 Å². The molecule has 2 aromatic rings. The molecule has 0 N–H and O–H groups in total. The molecule has 0 bridgehead atoms. The molecule has 1 atom stereocenters. The molecule has 2 aromatic carbocycles. The van der Waals surface area contributed by atoms with Gasteiger partial charge in [-0.05, 0) is 31.2 Å². The lowest BCUT2D eigenvalue weighted by atomic mass is 10.0. The first kappa shape index (κ1) is 16.8. The Balaban J connectivity index is 2.03. The highest BCUT2D eigenvalue weighted by atomic mass is 35.5. The Morgan fingerprint density at radius 2 is 1.83 bits per heavy atom. The van der Waals surface area contributed by atoms with E-state index < -0.39 is 5.97 Å². The highest BCUT2D eigenvalue weighted by molar-refractivity contribution is 6.38. The molecule has 0 saturated heterocycles. The Kier molecular flexibility index (Phi) is 5.07.